The van der Waals surface area contributed by atoms with E-state index in [1.54, 1.807) is 23.8 Å². The molecule has 0 N–H and O–H groups in total. The number of rotatable bonds is 8. The molecule has 37 heavy (non-hydrogen) atoms. The lowest BCUT2D eigenvalue weighted by atomic mass is 9.87. The number of aryl methyl sites for hydroxylation is 2. The van der Waals surface area contributed by atoms with Crippen LogP contribution in [0.4, 0.5) is 17.6 Å². The van der Waals surface area contributed by atoms with Crippen LogP contribution in [0.25, 0.3) is 22.3 Å². The van der Waals surface area contributed by atoms with E-state index in [1.807, 2.05) is 0 Å². The molecular formula is C25H31F4N4O3S+. The van der Waals surface area contributed by atoms with Crippen molar-refractivity contribution in [3.05, 3.63) is 40.3 Å². The third-order valence-corrected chi connectivity index (χ3v) is 7.56. The van der Waals surface area contributed by atoms with Crippen molar-refractivity contribution in [2.24, 2.45) is 13.0 Å². The maximum Gasteiger partial charge on any atom is 0.391 e. The van der Waals surface area contributed by atoms with Crippen LogP contribution in [0, 0.1) is 18.7 Å². The molecule has 0 saturated heterocycles. The van der Waals surface area contributed by atoms with Crippen molar-refractivity contribution in [3.63, 3.8) is 0 Å². The molecule has 0 atom stereocenters. The Labute approximate surface area is 215 Å². The Morgan fingerprint density at radius 3 is 2.49 bits per heavy atom. The van der Waals surface area contributed by atoms with Crippen LogP contribution in [-0.2, 0) is 29.4 Å². The summed E-state index contributed by atoms with van der Waals surface area (Å²) in [6.45, 7) is 2.40. The molecule has 4 rings (SSSR count). The van der Waals surface area contributed by atoms with Gasteiger partial charge in [0.25, 0.3) is 5.56 Å². The molecule has 0 unspecified atom stereocenters. The van der Waals surface area contributed by atoms with Crippen molar-refractivity contribution in [2.75, 3.05) is 24.9 Å². The van der Waals surface area contributed by atoms with Crippen molar-refractivity contribution in [2.45, 2.75) is 51.6 Å². The molecule has 202 valence electrons. The molecule has 3 aromatic rings. The fourth-order valence-electron chi connectivity index (χ4n) is 4.61. The van der Waals surface area contributed by atoms with Crippen molar-refractivity contribution in [3.8, 4) is 17.1 Å². The predicted octanol–water partition coefficient (Wildman–Crippen LogP) is 4.60. The smallest absolute Gasteiger partial charge is 0.391 e. The van der Waals surface area contributed by atoms with Gasteiger partial charge in [0.05, 0.1) is 41.8 Å². The first-order chi connectivity index (χ1) is 17.4. The van der Waals surface area contributed by atoms with Crippen LogP contribution in [-0.4, -0.2) is 56.3 Å². The van der Waals surface area contributed by atoms with Crippen LogP contribution in [0.1, 0.15) is 31.5 Å². The summed E-state index contributed by atoms with van der Waals surface area (Å²) < 4.78 is 68.2. The second-order valence-electron chi connectivity index (χ2n) is 9.60. The van der Waals surface area contributed by atoms with Crippen LogP contribution in [0.3, 0.4) is 0 Å². The van der Waals surface area contributed by atoms with E-state index in [0.717, 1.165) is 5.75 Å². The molecule has 1 fully saturated rings. The van der Waals surface area contributed by atoms with Gasteiger partial charge in [-0.15, -0.1) is 0 Å². The largest absolute Gasteiger partial charge is 0.474 e. The Morgan fingerprint density at radius 1 is 1.14 bits per heavy atom. The first kappa shape index (κ1) is 27.4. The Kier molecular flexibility index (Phi) is 8.17. The van der Waals surface area contributed by atoms with Crippen LogP contribution < -0.4 is 10.3 Å². The van der Waals surface area contributed by atoms with Crippen molar-refractivity contribution in [1.82, 2.24) is 19.1 Å². The molecule has 0 spiro atoms. The van der Waals surface area contributed by atoms with Gasteiger partial charge in [-0.3, -0.25) is 4.79 Å². The molecule has 3 heterocycles. The quantitative estimate of drug-likeness (QED) is 0.236. The number of hydrogen-bond donors (Lipinski definition) is 0. The van der Waals surface area contributed by atoms with E-state index in [9.17, 15) is 22.4 Å². The van der Waals surface area contributed by atoms with Crippen LogP contribution in [0.5, 0.6) is 5.88 Å². The lowest BCUT2D eigenvalue weighted by Crippen LogP contribution is -2.32. The zero-order valence-corrected chi connectivity index (χ0v) is 22.1. The molecule has 3 aromatic heterocycles. The zero-order valence-electron chi connectivity index (χ0n) is 21.3. The third kappa shape index (κ3) is 6.28. The van der Waals surface area contributed by atoms with Gasteiger partial charge in [0.2, 0.25) is 5.88 Å². The highest BCUT2D eigenvalue weighted by Gasteiger charge is 2.41. The SMILES string of the molecule is Cc1nc(OC2CCC(C(F)(F)F)CC2)cc(-c2cn(COCC[S+](C)C)c3cc(F)c(=O)n(C)c23)n1. The Balaban J connectivity index is 1.64. The van der Waals surface area contributed by atoms with Gasteiger partial charge < -0.3 is 18.6 Å². The lowest BCUT2D eigenvalue weighted by molar-refractivity contribution is -0.185. The first-order valence-corrected chi connectivity index (χ1v) is 14.2. The van der Waals surface area contributed by atoms with Gasteiger partial charge >= 0.3 is 6.18 Å². The highest BCUT2D eigenvalue weighted by atomic mass is 32.2. The average molecular weight is 544 g/mol. The predicted molar refractivity (Wildman–Crippen MR) is 135 cm³/mol. The second-order valence-corrected chi connectivity index (χ2v) is 12.0. The summed E-state index contributed by atoms with van der Waals surface area (Å²) in [4.78, 5) is 21.3. The number of halogens is 4. The Bertz CT molecular complexity index is 1310. The van der Waals surface area contributed by atoms with E-state index in [2.05, 4.69) is 22.5 Å². The second kappa shape index (κ2) is 11.0. The lowest BCUT2D eigenvalue weighted by Gasteiger charge is -2.29. The molecule has 12 heteroatoms. The molecule has 1 aliphatic rings. The van der Waals surface area contributed by atoms with Gasteiger partial charge in [-0.2, -0.15) is 18.2 Å². The minimum Gasteiger partial charge on any atom is -0.474 e. The zero-order chi connectivity index (χ0) is 26.9. The van der Waals surface area contributed by atoms with E-state index < -0.39 is 23.5 Å². The summed E-state index contributed by atoms with van der Waals surface area (Å²) in [6.07, 6.45) is 2.03. The molecule has 0 aliphatic heterocycles. The summed E-state index contributed by atoms with van der Waals surface area (Å²) in [6, 6.07) is 2.80. The minimum atomic E-state index is -4.19. The van der Waals surface area contributed by atoms with Gasteiger partial charge in [-0.05, 0) is 43.5 Å². The van der Waals surface area contributed by atoms with Gasteiger partial charge in [0.1, 0.15) is 24.4 Å². The van der Waals surface area contributed by atoms with E-state index in [0.29, 0.717) is 34.7 Å². The summed E-state index contributed by atoms with van der Waals surface area (Å²) in [5, 5.41) is 0. The maximum absolute atomic E-state index is 14.4. The first-order valence-electron chi connectivity index (χ1n) is 12.0. The highest BCUT2D eigenvalue weighted by molar-refractivity contribution is 7.95. The fraction of sp³-hybridized carbons (Fsp3) is 0.560. The summed E-state index contributed by atoms with van der Waals surface area (Å²) in [5.41, 5.74) is 1.22. The van der Waals surface area contributed by atoms with Gasteiger partial charge in [-0.25, -0.2) is 9.37 Å². The van der Waals surface area contributed by atoms with Crippen molar-refractivity contribution >= 4 is 21.9 Å². The van der Waals surface area contributed by atoms with E-state index >= 15 is 0 Å². The van der Waals surface area contributed by atoms with E-state index in [1.165, 1.54) is 17.7 Å². The number of pyridine rings is 1. The Morgan fingerprint density at radius 2 is 1.84 bits per heavy atom. The normalized spacial score (nSPS) is 18.6. The van der Waals surface area contributed by atoms with E-state index in [4.69, 9.17) is 9.47 Å². The van der Waals surface area contributed by atoms with Crippen LogP contribution in [0.15, 0.2) is 23.1 Å². The van der Waals surface area contributed by atoms with Crippen molar-refractivity contribution in [1.29, 1.82) is 0 Å². The van der Waals surface area contributed by atoms with Gasteiger partial charge in [0, 0.05) is 30.9 Å². The number of aromatic nitrogens is 4. The average Bonchev–Trinajstić information content (AvgIpc) is 3.18. The summed E-state index contributed by atoms with van der Waals surface area (Å²) in [5.74, 6) is -0.623. The van der Waals surface area contributed by atoms with Gasteiger partial charge in [0.15, 0.2) is 5.82 Å². The fourth-order valence-corrected chi connectivity index (χ4v) is 5.06. The molecular weight excluding hydrogens is 512 g/mol. The molecule has 0 bridgehead atoms. The topological polar surface area (TPSA) is 71.2 Å². The molecule has 0 radical (unpaired) electrons. The third-order valence-electron chi connectivity index (χ3n) is 6.58. The van der Waals surface area contributed by atoms with E-state index in [-0.39, 0.29) is 55.3 Å². The minimum absolute atomic E-state index is 0.0174. The summed E-state index contributed by atoms with van der Waals surface area (Å²) >= 11 is 0. The monoisotopic (exact) mass is 543 g/mol. The highest BCUT2D eigenvalue weighted by Crippen LogP contribution is 2.38. The van der Waals surface area contributed by atoms with Crippen LogP contribution in [0.2, 0.25) is 0 Å². The standard InChI is InChI=1S/C25H31F4N4O3S/c1-15-30-20(12-22(31-15)36-17-7-5-16(6-8-17)25(27,28)29)18-13-33(14-35-9-10-37(3)4)21-11-19(26)24(34)32(2)23(18)21/h11-13,16-17H,5-10,14H2,1-4H3/q+1. The number of ether oxygens (including phenoxy) is 2. The molecule has 1 saturated carbocycles. The molecule has 0 amide bonds. The summed E-state index contributed by atoms with van der Waals surface area (Å²) in [7, 11) is 1.72. The maximum atomic E-state index is 14.4. The Hall–Kier alpha value is -2.60. The number of hydrogen-bond acceptors (Lipinski definition) is 5. The number of fused-ring (bicyclic) bond motifs is 1. The molecule has 1 aliphatic carbocycles. The number of alkyl halides is 3. The van der Waals surface area contributed by atoms with Crippen molar-refractivity contribution < 1.29 is 27.0 Å². The molecule has 0 aromatic carbocycles. The molecule has 7 nitrogen and oxygen atoms in total. The van der Waals surface area contributed by atoms with Gasteiger partial charge in [-0.1, -0.05) is 0 Å². The number of nitrogens with zero attached hydrogens (tertiary/aromatic N) is 4. The van der Waals surface area contributed by atoms with Crippen LogP contribution >= 0.6 is 0 Å².